The van der Waals surface area contributed by atoms with Crippen molar-refractivity contribution in [1.29, 1.82) is 0 Å². The number of amides is 1. The molecule has 0 saturated heterocycles. The van der Waals surface area contributed by atoms with E-state index in [4.69, 9.17) is 4.74 Å². The van der Waals surface area contributed by atoms with Gasteiger partial charge in [-0.3, -0.25) is 9.69 Å². The molecule has 26 heavy (non-hydrogen) atoms. The van der Waals surface area contributed by atoms with E-state index >= 15 is 0 Å². The molecule has 0 atom stereocenters. The Morgan fingerprint density at radius 2 is 1.88 bits per heavy atom. The van der Waals surface area contributed by atoms with Crippen LogP contribution in [0.5, 0.6) is 5.75 Å². The summed E-state index contributed by atoms with van der Waals surface area (Å²) in [6.45, 7) is 0.961. The second-order valence-corrected chi connectivity index (χ2v) is 7.90. The van der Waals surface area contributed by atoms with E-state index in [9.17, 15) is 17.6 Å². The Balaban J connectivity index is 1.79. The molecule has 0 saturated carbocycles. The normalized spacial score (nSPS) is 11.4. The number of halogens is 1. The van der Waals surface area contributed by atoms with E-state index in [1.807, 2.05) is 0 Å². The minimum absolute atomic E-state index is 0.121. The summed E-state index contributed by atoms with van der Waals surface area (Å²) in [4.78, 5) is 14.0. The van der Waals surface area contributed by atoms with E-state index < -0.39 is 9.84 Å². The van der Waals surface area contributed by atoms with Gasteiger partial charge in [0.05, 0.1) is 11.4 Å². The molecule has 0 spiro atoms. The lowest BCUT2D eigenvalue weighted by Gasteiger charge is -2.17. The van der Waals surface area contributed by atoms with Crippen molar-refractivity contribution in [2.45, 2.75) is 4.90 Å². The molecule has 1 amide bonds. The molecule has 1 N–H and O–H groups in total. The summed E-state index contributed by atoms with van der Waals surface area (Å²) >= 11 is 0. The Hall–Kier alpha value is -2.45. The van der Waals surface area contributed by atoms with Gasteiger partial charge in [-0.05, 0) is 49.5 Å². The third kappa shape index (κ3) is 6.45. The number of nitrogens with zero attached hydrogens (tertiary/aromatic N) is 1. The summed E-state index contributed by atoms with van der Waals surface area (Å²) in [5.74, 6) is -0.0344. The molecule has 2 aromatic rings. The van der Waals surface area contributed by atoms with Crippen molar-refractivity contribution in [2.24, 2.45) is 0 Å². The van der Waals surface area contributed by atoms with Gasteiger partial charge in [-0.15, -0.1) is 0 Å². The van der Waals surface area contributed by atoms with Gasteiger partial charge in [-0.25, -0.2) is 12.8 Å². The number of carbonyl (C=O) groups is 1. The van der Waals surface area contributed by atoms with E-state index in [1.165, 1.54) is 36.4 Å². The number of hydrogen-bond acceptors (Lipinski definition) is 5. The van der Waals surface area contributed by atoms with Crippen LogP contribution in [0.4, 0.5) is 10.1 Å². The Morgan fingerprint density at radius 1 is 1.19 bits per heavy atom. The molecule has 0 aliphatic carbocycles. The molecule has 2 rings (SSSR count). The van der Waals surface area contributed by atoms with Crippen molar-refractivity contribution in [2.75, 3.05) is 38.3 Å². The SMILES string of the molecule is CN(CCOc1ccc(F)cc1)CC(=O)Nc1cccc(S(C)(=O)=O)c1. The molecule has 0 heterocycles. The fourth-order valence-corrected chi connectivity index (χ4v) is 2.85. The Labute approximate surface area is 152 Å². The number of nitrogens with one attached hydrogen (secondary N) is 1. The molecule has 6 nitrogen and oxygen atoms in total. The number of hydrogen-bond donors (Lipinski definition) is 1. The van der Waals surface area contributed by atoms with Crippen molar-refractivity contribution in [3.8, 4) is 5.75 Å². The van der Waals surface area contributed by atoms with Crippen LogP contribution in [-0.4, -0.2) is 52.2 Å². The van der Waals surface area contributed by atoms with Gasteiger partial charge >= 0.3 is 0 Å². The maximum atomic E-state index is 12.8. The highest BCUT2D eigenvalue weighted by Crippen LogP contribution is 2.15. The van der Waals surface area contributed by atoms with E-state index in [0.29, 0.717) is 24.6 Å². The number of sulfone groups is 1. The monoisotopic (exact) mass is 380 g/mol. The molecular weight excluding hydrogens is 359 g/mol. The van der Waals surface area contributed by atoms with Crippen LogP contribution in [0.1, 0.15) is 0 Å². The third-order valence-corrected chi connectivity index (χ3v) is 4.63. The van der Waals surface area contributed by atoms with Crippen LogP contribution < -0.4 is 10.1 Å². The molecule has 0 aliphatic heterocycles. The molecule has 0 aromatic heterocycles. The number of rotatable bonds is 8. The van der Waals surface area contributed by atoms with Crippen LogP contribution in [0.25, 0.3) is 0 Å². The minimum Gasteiger partial charge on any atom is -0.492 e. The lowest BCUT2D eigenvalue weighted by Crippen LogP contribution is -2.33. The first-order chi connectivity index (χ1) is 12.2. The molecule has 2 aromatic carbocycles. The van der Waals surface area contributed by atoms with Crippen LogP contribution in [0.2, 0.25) is 0 Å². The van der Waals surface area contributed by atoms with Crippen molar-refractivity contribution in [3.05, 3.63) is 54.3 Å². The summed E-state index contributed by atoms with van der Waals surface area (Å²) in [5, 5.41) is 2.67. The maximum Gasteiger partial charge on any atom is 0.238 e. The second-order valence-electron chi connectivity index (χ2n) is 5.89. The molecule has 140 valence electrons. The van der Waals surface area contributed by atoms with Gasteiger partial charge in [0, 0.05) is 18.5 Å². The summed E-state index contributed by atoms with van der Waals surface area (Å²) in [7, 11) is -1.56. The summed E-state index contributed by atoms with van der Waals surface area (Å²) < 4.78 is 41.4. The van der Waals surface area contributed by atoms with Crippen molar-refractivity contribution in [1.82, 2.24) is 4.90 Å². The number of anilines is 1. The first kappa shape index (κ1) is 19.9. The van der Waals surface area contributed by atoms with Gasteiger partial charge in [0.15, 0.2) is 9.84 Å². The Kier molecular flexibility index (Phi) is 6.70. The highest BCUT2D eigenvalue weighted by Gasteiger charge is 2.10. The fourth-order valence-electron chi connectivity index (χ4n) is 2.18. The van der Waals surface area contributed by atoms with Gasteiger partial charge in [0.1, 0.15) is 18.2 Å². The number of carbonyl (C=O) groups excluding carboxylic acids is 1. The van der Waals surface area contributed by atoms with E-state index in [1.54, 1.807) is 24.1 Å². The van der Waals surface area contributed by atoms with Crippen LogP contribution >= 0.6 is 0 Å². The van der Waals surface area contributed by atoms with E-state index in [0.717, 1.165) is 6.26 Å². The van der Waals surface area contributed by atoms with Crippen LogP contribution in [-0.2, 0) is 14.6 Å². The highest BCUT2D eigenvalue weighted by atomic mass is 32.2. The largest absolute Gasteiger partial charge is 0.492 e. The zero-order chi connectivity index (χ0) is 19.2. The average Bonchev–Trinajstić information content (AvgIpc) is 2.56. The smallest absolute Gasteiger partial charge is 0.238 e. The molecule has 8 heteroatoms. The predicted octanol–water partition coefficient (Wildman–Crippen LogP) is 2.18. The number of ether oxygens (including phenoxy) is 1. The van der Waals surface area contributed by atoms with E-state index in [-0.39, 0.29) is 23.2 Å². The van der Waals surface area contributed by atoms with Crippen LogP contribution in [0.3, 0.4) is 0 Å². The molecule has 0 radical (unpaired) electrons. The fraction of sp³-hybridized carbons (Fsp3) is 0.278. The van der Waals surface area contributed by atoms with Crippen molar-refractivity contribution < 1.29 is 22.3 Å². The standard InChI is InChI=1S/C18H21FN2O4S/c1-21(10-11-25-16-8-6-14(19)7-9-16)13-18(22)20-15-4-3-5-17(12-15)26(2,23)24/h3-9,12H,10-11,13H2,1-2H3,(H,20,22). The Bertz CT molecular complexity index is 854. The average molecular weight is 380 g/mol. The van der Waals surface area contributed by atoms with Gasteiger partial charge < -0.3 is 10.1 Å². The molecular formula is C18H21FN2O4S. The molecule has 0 fully saturated rings. The van der Waals surface area contributed by atoms with Crippen molar-refractivity contribution in [3.63, 3.8) is 0 Å². The highest BCUT2D eigenvalue weighted by molar-refractivity contribution is 7.90. The topological polar surface area (TPSA) is 75.7 Å². The lowest BCUT2D eigenvalue weighted by molar-refractivity contribution is -0.117. The predicted molar refractivity (Wildman–Crippen MR) is 97.6 cm³/mol. The van der Waals surface area contributed by atoms with Gasteiger partial charge in [-0.1, -0.05) is 6.07 Å². The second kappa shape index (κ2) is 8.77. The quantitative estimate of drug-likeness (QED) is 0.760. The summed E-state index contributed by atoms with van der Waals surface area (Å²) in [6.07, 6.45) is 1.11. The summed E-state index contributed by atoms with van der Waals surface area (Å²) in [6, 6.07) is 11.8. The minimum atomic E-state index is -3.33. The number of likely N-dealkylation sites (N-methyl/N-ethyl adjacent to an activating group) is 1. The zero-order valence-electron chi connectivity index (χ0n) is 14.6. The first-order valence-corrected chi connectivity index (χ1v) is 9.80. The molecule has 0 bridgehead atoms. The maximum absolute atomic E-state index is 12.8. The van der Waals surface area contributed by atoms with Crippen LogP contribution in [0, 0.1) is 5.82 Å². The first-order valence-electron chi connectivity index (χ1n) is 7.91. The van der Waals surface area contributed by atoms with E-state index in [2.05, 4.69) is 5.32 Å². The van der Waals surface area contributed by atoms with Crippen LogP contribution in [0.15, 0.2) is 53.4 Å². The zero-order valence-corrected chi connectivity index (χ0v) is 15.4. The third-order valence-electron chi connectivity index (χ3n) is 3.51. The molecule has 0 unspecified atom stereocenters. The number of benzene rings is 2. The lowest BCUT2D eigenvalue weighted by atomic mass is 10.3. The van der Waals surface area contributed by atoms with Gasteiger partial charge in [-0.2, -0.15) is 0 Å². The van der Waals surface area contributed by atoms with Gasteiger partial charge in [0.25, 0.3) is 0 Å². The van der Waals surface area contributed by atoms with Crippen molar-refractivity contribution >= 4 is 21.4 Å². The Morgan fingerprint density at radius 3 is 2.54 bits per heavy atom. The summed E-state index contributed by atoms with van der Waals surface area (Å²) in [5.41, 5.74) is 0.425. The molecule has 0 aliphatic rings. The van der Waals surface area contributed by atoms with Gasteiger partial charge in [0.2, 0.25) is 5.91 Å².